The number of fused-ring (bicyclic) bond motifs is 2. The van der Waals surface area contributed by atoms with Gasteiger partial charge in [0.05, 0.1) is 6.54 Å². The minimum atomic E-state index is -0.679. The third-order valence-electron chi connectivity index (χ3n) is 5.05. The monoisotopic (exact) mass is 355 g/mol. The van der Waals surface area contributed by atoms with E-state index in [1.54, 1.807) is 11.1 Å². The zero-order valence-electron chi connectivity index (χ0n) is 14.3. The molecule has 8 heteroatoms. The van der Waals surface area contributed by atoms with E-state index in [-0.39, 0.29) is 6.03 Å². The predicted molar refractivity (Wildman–Crippen MR) is 94.2 cm³/mol. The van der Waals surface area contributed by atoms with Crippen LogP contribution in [0.15, 0.2) is 42.7 Å². The number of primary amides is 1. The molecule has 1 atom stereocenters. The Morgan fingerprint density at radius 3 is 2.65 bits per heavy atom. The van der Waals surface area contributed by atoms with Crippen molar-refractivity contribution in [2.24, 2.45) is 5.73 Å². The highest BCUT2D eigenvalue weighted by molar-refractivity contribution is 5.89. The van der Waals surface area contributed by atoms with Crippen LogP contribution in [0.25, 0.3) is 0 Å². The van der Waals surface area contributed by atoms with Crippen LogP contribution >= 0.6 is 0 Å². The summed E-state index contributed by atoms with van der Waals surface area (Å²) in [6.07, 6.45) is 4.00. The molecule has 1 aromatic heterocycles. The number of amides is 3. The van der Waals surface area contributed by atoms with Gasteiger partial charge in [-0.05, 0) is 12.1 Å². The van der Waals surface area contributed by atoms with Crippen LogP contribution in [0.5, 0.6) is 0 Å². The molecule has 26 heavy (non-hydrogen) atoms. The molecule has 1 unspecified atom stereocenters. The van der Waals surface area contributed by atoms with Gasteiger partial charge < -0.3 is 25.3 Å². The second kappa shape index (κ2) is 6.45. The van der Waals surface area contributed by atoms with Crippen molar-refractivity contribution < 1.29 is 14.3 Å². The van der Waals surface area contributed by atoms with Crippen LogP contribution in [-0.4, -0.2) is 45.6 Å². The van der Waals surface area contributed by atoms with Gasteiger partial charge in [-0.2, -0.15) is 0 Å². The van der Waals surface area contributed by atoms with Gasteiger partial charge in [0.15, 0.2) is 6.10 Å². The number of hydrogen-bond donors (Lipinski definition) is 2. The molecule has 4 rings (SSSR count). The van der Waals surface area contributed by atoms with Crippen LogP contribution in [0, 0.1) is 0 Å². The molecular weight excluding hydrogens is 334 g/mol. The molecule has 2 aromatic rings. The van der Waals surface area contributed by atoms with Gasteiger partial charge in [0, 0.05) is 44.0 Å². The Morgan fingerprint density at radius 2 is 1.96 bits per heavy atom. The smallest absolute Gasteiger partial charge is 0.321 e. The molecule has 0 radical (unpaired) electrons. The summed E-state index contributed by atoms with van der Waals surface area (Å²) in [5.74, 6) is 0.325. The Kier molecular flexibility index (Phi) is 4.12. The molecule has 1 fully saturated rings. The summed E-state index contributed by atoms with van der Waals surface area (Å²) in [6.45, 7) is 1.40. The van der Waals surface area contributed by atoms with Crippen LogP contribution in [0.3, 0.4) is 0 Å². The van der Waals surface area contributed by atoms with Gasteiger partial charge in [0.2, 0.25) is 5.91 Å². The molecule has 1 saturated heterocycles. The van der Waals surface area contributed by atoms with Gasteiger partial charge in [-0.3, -0.25) is 4.79 Å². The van der Waals surface area contributed by atoms with Gasteiger partial charge >= 0.3 is 6.03 Å². The molecule has 0 bridgehead atoms. The van der Waals surface area contributed by atoms with Crippen molar-refractivity contribution in [2.45, 2.75) is 31.1 Å². The van der Waals surface area contributed by atoms with E-state index in [2.05, 4.69) is 10.3 Å². The lowest BCUT2D eigenvalue weighted by Crippen LogP contribution is -2.54. The third kappa shape index (κ3) is 2.92. The molecule has 3 amide bonds. The maximum Gasteiger partial charge on any atom is 0.321 e. The maximum absolute atomic E-state index is 12.5. The highest BCUT2D eigenvalue weighted by Gasteiger charge is 2.47. The number of carbonyl (C=O) groups excluding carboxylic acids is 2. The van der Waals surface area contributed by atoms with Crippen molar-refractivity contribution in [1.29, 1.82) is 0 Å². The predicted octanol–water partition coefficient (Wildman–Crippen LogP) is 1.29. The summed E-state index contributed by atoms with van der Waals surface area (Å²) >= 11 is 0. The summed E-state index contributed by atoms with van der Waals surface area (Å²) < 4.78 is 8.02. The molecule has 0 saturated carbocycles. The first-order chi connectivity index (χ1) is 12.6. The third-order valence-corrected chi connectivity index (χ3v) is 5.05. The molecule has 2 aliphatic rings. The van der Waals surface area contributed by atoms with Crippen LogP contribution in [0.1, 0.15) is 18.7 Å². The lowest BCUT2D eigenvalue weighted by Gasteiger charge is -2.45. The first kappa shape index (κ1) is 16.6. The average Bonchev–Trinajstić information content (AvgIpc) is 3.13. The highest BCUT2D eigenvalue weighted by atomic mass is 16.5. The molecule has 3 N–H and O–H groups in total. The number of imidazole rings is 1. The second-order valence-corrected chi connectivity index (χ2v) is 6.69. The Labute approximate surface area is 150 Å². The number of rotatable bonds is 2. The lowest BCUT2D eigenvalue weighted by atomic mass is 9.88. The number of nitrogens with zero attached hydrogens (tertiary/aromatic N) is 3. The number of para-hydroxylation sites is 1. The zero-order chi connectivity index (χ0) is 18.1. The van der Waals surface area contributed by atoms with E-state index in [0.29, 0.717) is 32.5 Å². The fourth-order valence-electron chi connectivity index (χ4n) is 3.68. The van der Waals surface area contributed by atoms with Crippen LogP contribution in [-0.2, 0) is 21.7 Å². The standard InChI is InChI=1S/C18H21N5O3/c19-15(24)14-12-23-11-8-20-16(23)18(26-14)6-9-22(10-7-18)17(25)21-13-4-2-1-3-5-13/h1-5,8,11,14H,6-7,9-10,12H2,(H2,19,24)(H,21,25). The van der Waals surface area contributed by atoms with Gasteiger partial charge in [-0.1, -0.05) is 18.2 Å². The lowest BCUT2D eigenvalue weighted by molar-refractivity contribution is -0.169. The maximum atomic E-state index is 12.5. The number of carbonyl (C=O) groups is 2. The average molecular weight is 355 g/mol. The zero-order valence-corrected chi connectivity index (χ0v) is 14.3. The second-order valence-electron chi connectivity index (χ2n) is 6.69. The van der Waals surface area contributed by atoms with Gasteiger partial charge in [-0.25, -0.2) is 9.78 Å². The Morgan fingerprint density at radius 1 is 1.23 bits per heavy atom. The minimum absolute atomic E-state index is 0.142. The summed E-state index contributed by atoms with van der Waals surface area (Å²) in [4.78, 5) is 30.3. The van der Waals surface area contributed by atoms with E-state index >= 15 is 0 Å². The first-order valence-electron chi connectivity index (χ1n) is 8.67. The number of likely N-dealkylation sites (tertiary alicyclic amines) is 1. The number of hydrogen-bond acceptors (Lipinski definition) is 4. The van der Waals surface area contributed by atoms with Crippen molar-refractivity contribution in [2.75, 3.05) is 18.4 Å². The summed E-state index contributed by atoms with van der Waals surface area (Å²) in [5.41, 5.74) is 5.56. The Hall–Kier alpha value is -2.87. The largest absolute Gasteiger partial charge is 0.367 e. The summed E-state index contributed by atoms with van der Waals surface area (Å²) in [6, 6.07) is 9.21. The normalized spacial score (nSPS) is 21.2. The number of benzene rings is 1. The van der Waals surface area contributed by atoms with E-state index < -0.39 is 17.6 Å². The molecule has 8 nitrogen and oxygen atoms in total. The molecule has 1 spiro atoms. The van der Waals surface area contributed by atoms with Crippen molar-refractivity contribution >= 4 is 17.6 Å². The molecule has 3 heterocycles. The molecule has 2 aliphatic heterocycles. The number of ether oxygens (including phenoxy) is 1. The first-order valence-corrected chi connectivity index (χ1v) is 8.67. The Balaban J connectivity index is 1.47. The topological polar surface area (TPSA) is 102 Å². The van der Waals surface area contributed by atoms with Crippen molar-refractivity contribution in [1.82, 2.24) is 14.5 Å². The van der Waals surface area contributed by atoms with Crippen LogP contribution in [0.2, 0.25) is 0 Å². The number of nitrogens with two attached hydrogens (primary N) is 1. The fraction of sp³-hybridized carbons (Fsp3) is 0.389. The number of aromatic nitrogens is 2. The van der Waals surface area contributed by atoms with Gasteiger partial charge in [0.25, 0.3) is 0 Å². The van der Waals surface area contributed by atoms with E-state index in [0.717, 1.165) is 11.5 Å². The highest BCUT2D eigenvalue weighted by Crippen LogP contribution is 2.40. The molecule has 1 aromatic carbocycles. The van der Waals surface area contributed by atoms with E-state index in [1.165, 1.54) is 0 Å². The number of piperidine rings is 1. The van der Waals surface area contributed by atoms with Gasteiger partial charge in [0.1, 0.15) is 11.4 Å². The number of urea groups is 1. The molecule has 136 valence electrons. The molecule has 0 aliphatic carbocycles. The quantitative estimate of drug-likeness (QED) is 0.847. The fourth-order valence-corrected chi connectivity index (χ4v) is 3.68. The van der Waals surface area contributed by atoms with E-state index in [9.17, 15) is 9.59 Å². The van der Waals surface area contributed by atoms with Crippen LogP contribution < -0.4 is 11.1 Å². The minimum Gasteiger partial charge on any atom is -0.367 e. The van der Waals surface area contributed by atoms with Crippen molar-refractivity contribution in [3.63, 3.8) is 0 Å². The van der Waals surface area contributed by atoms with Gasteiger partial charge in [-0.15, -0.1) is 0 Å². The SMILES string of the molecule is NC(=O)C1Cn2ccnc2C2(CCN(C(=O)Nc3ccccc3)CC2)O1. The van der Waals surface area contributed by atoms with Crippen LogP contribution in [0.4, 0.5) is 10.5 Å². The van der Waals surface area contributed by atoms with Crippen molar-refractivity contribution in [3.05, 3.63) is 48.5 Å². The Bertz CT molecular complexity index is 811. The summed E-state index contributed by atoms with van der Waals surface area (Å²) in [7, 11) is 0. The number of nitrogens with one attached hydrogen (secondary N) is 1. The van der Waals surface area contributed by atoms with E-state index in [4.69, 9.17) is 10.5 Å². The summed E-state index contributed by atoms with van der Waals surface area (Å²) in [5, 5.41) is 2.90. The van der Waals surface area contributed by atoms with E-state index in [1.807, 2.05) is 41.1 Å². The number of anilines is 1. The molecular formula is C18H21N5O3. The van der Waals surface area contributed by atoms with Crippen molar-refractivity contribution in [3.8, 4) is 0 Å².